The Bertz CT molecular complexity index is 627. The van der Waals surface area contributed by atoms with Gasteiger partial charge in [0.05, 0.1) is 5.69 Å². The summed E-state index contributed by atoms with van der Waals surface area (Å²) in [6, 6.07) is 9.69. The summed E-state index contributed by atoms with van der Waals surface area (Å²) in [6.45, 7) is 5.52. The van der Waals surface area contributed by atoms with Gasteiger partial charge in [-0.2, -0.15) is 5.26 Å². The maximum absolute atomic E-state index is 13.0. The Morgan fingerprint density at radius 2 is 1.80 bits per heavy atom. The van der Waals surface area contributed by atoms with Gasteiger partial charge in [0.25, 0.3) is 0 Å². The van der Waals surface area contributed by atoms with Crippen molar-refractivity contribution in [1.29, 1.82) is 5.26 Å². The molecule has 0 spiro atoms. The third kappa shape index (κ3) is 2.91. The zero-order valence-electron chi connectivity index (χ0n) is 11.5. The van der Waals surface area contributed by atoms with Crippen LogP contribution in [0.4, 0.5) is 10.3 Å². The quantitative estimate of drug-likeness (QED) is 0.857. The van der Waals surface area contributed by atoms with E-state index in [4.69, 9.17) is 5.26 Å². The van der Waals surface area contributed by atoms with Crippen molar-refractivity contribution in [1.82, 2.24) is 9.97 Å². The third-order valence-corrected chi connectivity index (χ3v) is 3.02. The van der Waals surface area contributed by atoms with E-state index in [2.05, 4.69) is 9.97 Å². The largest absolute Gasteiger partial charge is 0.341 e. The molecule has 0 unspecified atom stereocenters. The highest BCUT2D eigenvalue weighted by atomic mass is 19.1. The van der Waals surface area contributed by atoms with Crippen LogP contribution in [0.3, 0.4) is 0 Å². The van der Waals surface area contributed by atoms with Gasteiger partial charge < -0.3 is 4.90 Å². The number of aromatic nitrogens is 2. The van der Waals surface area contributed by atoms with Gasteiger partial charge in [0, 0.05) is 24.7 Å². The van der Waals surface area contributed by atoms with E-state index in [1.807, 2.05) is 24.8 Å². The van der Waals surface area contributed by atoms with Gasteiger partial charge in [-0.15, -0.1) is 0 Å². The minimum atomic E-state index is -0.299. The van der Waals surface area contributed by atoms with E-state index < -0.39 is 0 Å². The molecule has 0 saturated carbocycles. The molecule has 0 aliphatic rings. The van der Waals surface area contributed by atoms with E-state index in [0.29, 0.717) is 17.3 Å². The Hall–Kier alpha value is -2.48. The summed E-state index contributed by atoms with van der Waals surface area (Å²) >= 11 is 0. The molecule has 0 aliphatic carbocycles. The lowest BCUT2D eigenvalue weighted by Crippen LogP contribution is -2.24. The third-order valence-electron chi connectivity index (χ3n) is 3.02. The zero-order valence-corrected chi connectivity index (χ0v) is 11.5. The first kappa shape index (κ1) is 13.9. The van der Waals surface area contributed by atoms with E-state index in [0.717, 1.165) is 18.7 Å². The molecule has 1 heterocycles. The van der Waals surface area contributed by atoms with Crippen molar-refractivity contribution in [2.45, 2.75) is 13.8 Å². The molecular formula is C15H15FN4. The zero-order chi connectivity index (χ0) is 14.5. The molecule has 1 aromatic heterocycles. The number of nitrogens with zero attached hydrogens (tertiary/aromatic N) is 4. The van der Waals surface area contributed by atoms with Crippen molar-refractivity contribution < 1.29 is 4.39 Å². The van der Waals surface area contributed by atoms with Gasteiger partial charge in [-0.3, -0.25) is 0 Å². The van der Waals surface area contributed by atoms with Gasteiger partial charge in [-0.05, 0) is 38.1 Å². The predicted octanol–water partition coefficient (Wildman–Crippen LogP) is 3.00. The van der Waals surface area contributed by atoms with E-state index in [1.54, 1.807) is 18.2 Å². The van der Waals surface area contributed by atoms with Crippen LogP contribution in [-0.4, -0.2) is 23.1 Å². The number of hydrogen-bond acceptors (Lipinski definition) is 4. The summed E-state index contributed by atoms with van der Waals surface area (Å²) in [7, 11) is 0. The molecule has 0 amide bonds. The Morgan fingerprint density at radius 1 is 1.15 bits per heavy atom. The van der Waals surface area contributed by atoms with Crippen molar-refractivity contribution in [2.24, 2.45) is 0 Å². The first-order valence-electron chi connectivity index (χ1n) is 6.48. The fourth-order valence-electron chi connectivity index (χ4n) is 1.91. The predicted molar refractivity (Wildman–Crippen MR) is 75.7 cm³/mol. The first-order valence-corrected chi connectivity index (χ1v) is 6.48. The number of benzene rings is 1. The van der Waals surface area contributed by atoms with Crippen LogP contribution >= 0.6 is 0 Å². The molecule has 2 rings (SSSR count). The second-order valence-electron chi connectivity index (χ2n) is 4.23. The van der Waals surface area contributed by atoms with Gasteiger partial charge in [-0.25, -0.2) is 14.4 Å². The van der Waals surface area contributed by atoms with Crippen LogP contribution in [0.1, 0.15) is 19.5 Å². The standard InChI is InChI=1S/C15H15FN4/c1-3-20(4-2)15-18-13(10-17)9-14(19-15)11-5-7-12(16)8-6-11/h5-9H,3-4H2,1-2H3. The lowest BCUT2D eigenvalue weighted by atomic mass is 10.1. The van der Waals surface area contributed by atoms with Crippen molar-refractivity contribution in [3.05, 3.63) is 41.8 Å². The van der Waals surface area contributed by atoms with E-state index in [-0.39, 0.29) is 5.82 Å². The van der Waals surface area contributed by atoms with Crippen molar-refractivity contribution in [3.8, 4) is 17.3 Å². The molecule has 2 aromatic rings. The first-order chi connectivity index (χ1) is 9.67. The molecule has 5 heteroatoms. The van der Waals surface area contributed by atoms with E-state index in [1.165, 1.54) is 12.1 Å². The number of nitriles is 1. The molecule has 0 N–H and O–H groups in total. The fraction of sp³-hybridized carbons (Fsp3) is 0.267. The Balaban J connectivity index is 2.50. The normalized spacial score (nSPS) is 10.1. The lowest BCUT2D eigenvalue weighted by molar-refractivity contribution is 0.628. The van der Waals surface area contributed by atoms with Gasteiger partial charge >= 0.3 is 0 Å². The molecule has 102 valence electrons. The molecule has 20 heavy (non-hydrogen) atoms. The van der Waals surface area contributed by atoms with Crippen LogP contribution in [0.5, 0.6) is 0 Å². The highest BCUT2D eigenvalue weighted by Gasteiger charge is 2.10. The number of anilines is 1. The minimum Gasteiger partial charge on any atom is -0.341 e. The molecule has 0 fully saturated rings. The average Bonchev–Trinajstić information content (AvgIpc) is 2.49. The summed E-state index contributed by atoms with van der Waals surface area (Å²) in [6.07, 6.45) is 0. The van der Waals surface area contributed by atoms with Crippen molar-refractivity contribution >= 4 is 5.95 Å². The lowest BCUT2D eigenvalue weighted by Gasteiger charge is -2.19. The van der Waals surface area contributed by atoms with Crippen molar-refractivity contribution in [2.75, 3.05) is 18.0 Å². The highest BCUT2D eigenvalue weighted by molar-refractivity contribution is 5.61. The fourth-order valence-corrected chi connectivity index (χ4v) is 1.91. The second kappa shape index (κ2) is 6.11. The molecule has 0 atom stereocenters. The topological polar surface area (TPSA) is 52.8 Å². The Labute approximate surface area is 117 Å². The average molecular weight is 270 g/mol. The number of hydrogen-bond donors (Lipinski definition) is 0. The summed E-state index contributed by atoms with van der Waals surface area (Å²) in [5.74, 6) is 0.223. The van der Waals surface area contributed by atoms with Gasteiger partial charge in [0.1, 0.15) is 17.6 Å². The van der Waals surface area contributed by atoms with E-state index in [9.17, 15) is 4.39 Å². The Kier molecular flexibility index (Phi) is 4.26. The van der Waals surface area contributed by atoms with Gasteiger partial charge in [0.15, 0.2) is 0 Å². The van der Waals surface area contributed by atoms with E-state index >= 15 is 0 Å². The van der Waals surface area contributed by atoms with Crippen LogP contribution in [0.25, 0.3) is 11.3 Å². The van der Waals surface area contributed by atoms with Crippen LogP contribution in [0.15, 0.2) is 30.3 Å². The van der Waals surface area contributed by atoms with Crippen LogP contribution < -0.4 is 4.90 Å². The number of rotatable bonds is 4. The Morgan fingerprint density at radius 3 is 2.35 bits per heavy atom. The SMILES string of the molecule is CCN(CC)c1nc(C#N)cc(-c2ccc(F)cc2)n1. The maximum Gasteiger partial charge on any atom is 0.227 e. The summed E-state index contributed by atoms with van der Waals surface area (Å²) in [5, 5.41) is 9.09. The molecule has 0 saturated heterocycles. The maximum atomic E-state index is 13.0. The van der Waals surface area contributed by atoms with Crippen LogP contribution in [-0.2, 0) is 0 Å². The summed E-state index contributed by atoms with van der Waals surface area (Å²) in [5.41, 5.74) is 1.69. The summed E-state index contributed by atoms with van der Waals surface area (Å²) < 4.78 is 13.0. The molecule has 0 bridgehead atoms. The smallest absolute Gasteiger partial charge is 0.227 e. The molecule has 1 aromatic carbocycles. The van der Waals surface area contributed by atoms with Crippen molar-refractivity contribution in [3.63, 3.8) is 0 Å². The van der Waals surface area contributed by atoms with Crippen LogP contribution in [0.2, 0.25) is 0 Å². The molecule has 0 aliphatic heterocycles. The summed E-state index contributed by atoms with van der Waals surface area (Å²) in [4.78, 5) is 10.6. The minimum absolute atomic E-state index is 0.299. The van der Waals surface area contributed by atoms with Crippen LogP contribution in [0, 0.1) is 17.1 Å². The highest BCUT2D eigenvalue weighted by Crippen LogP contribution is 2.21. The van der Waals surface area contributed by atoms with Gasteiger partial charge in [0.2, 0.25) is 5.95 Å². The van der Waals surface area contributed by atoms with Gasteiger partial charge in [-0.1, -0.05) is 0 Å². The monoisotopic (exact) mass is 270 g/mol. The second-order valence-corrected chi connectivity index (χ2v) is 4.23. The molecule has 0 radical (unpaired) electrons. The number of halogens is 1. The molecule has 4 nitrogen and oxygen atoms in total. The molecular weight excluding hydrogens is 255 g/mol.